The van der Waals surface area contributed by atoms with Crippen LogP contribution in [-0.4, -0.2) is 17.3 Å². The van der Waals surface area contributed by atoms with Crippen molar-refractivity contribution in [1.29, 1.82) is 0 Å². The molecule has 0 unspecified atom stereocenters. The number of nitrogens with zero attached hydrogens (tertiary/aromatic N) is 2. The highest BCUT2D eigenvalue weighted by Gasteiger charge is 2.06. The molecule has 92 valence electrons. The highest BCUT2D eigenvalue weighted by molar-refractivity contribution is 6.00. The van der Waals surface area contributed by atoms with Crippen LogP contribution in [0.4, 0.5) is 0 Å². The summed E-state index contributed by atoms with van der Waals surface area (Å²) in [5, 5.41) is 17.0. The van der Waals surface area contributed by atoms with E-state index in [0.29, 0.717) is 5.84 Å². The van der Waals surface area contributed by atoms with Crippen LogP contribution >= 0.6 is 0 Å². The minimum atomic E-state index is 0.0264. The van der Waals surface area contributed by atoms with E-state index in [1.54, 1.807) is 0 Å². The van der Waals surface area contributed by atoms with Crippen LogP contribution in [0.15, 0.2) is 28.4 Å². The predicted molar refractivity (Wildman–Crippen MR) is 69.8 cm³/mol. The first-order chi connectivity index (χ1) is 8.29. The van der Waals surface area contributed by atoms with Gasteiger partial charge in [-0.15, -0.1) is 0 Å². The molecule has 0 fully saturated rings. The number of hydrazone groups is 2. The van der Waals surface area contributed by atoms with E-state index >= 15 is 0 Å². The van der Waals surface area contributed by atoms with Gasteiger partial charge in [-0.1, -0.05) is 25.5 Å². The largest absolute Gasteiger partial charge is 0.392 e. The summed E-state index contributed by atoms with van der Waals surface area (Å²) >= 11 is 0. The molecule has 0 atom stereocenters. The molecule has 0 saturated heterocycles. The van der Waals surface area contributed by atoms with E-state index in [2.05, 4.69) is 21.1 Å². The van der Waals surface area contributed by atoms with E-state index in [1.807, 2.05) is 39.0 Å². The smallest absolute Gasteiger partial charge is 0.173 e. The van der Waals surface area contributed by atoms with Crippen molar-refractivity contribution in [2.24, 2.45) is 10.2 Å². The third kappa shape index (κ3) is 3.57. The third-order valence-corrected chi connectivity index (χ3v) is 2.06. The lowest BCUT2D eigenvalue weighted by Gasteiger charge is -2.11. The molecule has 0 radical (unpaired) electrons. The normalized spacial score (nSPS) is 12.8. The van der Waals surface area contributed by atoms with E-state index < -0.39 is 0 Å². The van der Waals surface area contributed by atoms with Crippen LogP contribution in [0.25, 0.3) is 0 Å². The number of nitrogens with one attached hydrogen (secondary N) is 2. The summed E-state index contributed by atoms with van der Waals surface area (Å²) in [5.41, 5.74) is 8.30. The van der Waals surface area contributed by atoms with Crippen LogP contribution < -0.4 is 10.9 Å². The van der Waals surface area contributed by atoms with Gasteiger partial charge in [0, 0.05) is 5.56 Å². The predicted octanol–water partition coefficient (Wildman–Crippen LogP) is 1.31. The van der Waals surface area contributed by atoms with Crippen molar-refractivity contribution in [3.05, 3.63) is 34.9 Å². The molecule has 5 nitrogen and oxygen atoms in total. The summed E-state index contributed by atoms with van der Waals surface area (Å²) in [4.78, 5) is 0. The SMILES string of the molecule is CC.Cc1cc(CO)cc(C2=NNC=NN2)c1. The van der Waals surface area contributed by atoms with Gasteiger partial charge in [0.05, 0.1) is 6.61 Å². The first kappa shape index (κ1) is 13.2. The summed E-state index contributed by atoms with van der Waals surface area (Å²) in [7, 11) is 0. The monoisotopic (exact) mass is 234 g/mol. The molecule has 0 spiro atoms. The van der Waals surface area contributed by atoms with Crippen LogP contribution in [0.2, 0.25) is 0 Å². The van der Waals surface area contributed by atoms with Gasteiger partial charge in [0.15, 0.2) is 5.84 Å². The molecule has 1 aromatic carbocycles. The zero-order valence-electron chi connectivity index (χ0n) is 10.4. The first-order valence-corrected chi connectivity index (χ1v) is 5.62. The van der Waals surface area contributed by atoms with Crippen molar-refractivity contribution in [2.75, 3.05) is 0 Å². The lowest BCUT2D eigenvalue weighted by atomic mass is 10.1. The molecule has 0 aromatic heterocycles. The molecular formula is C12H18N4O. The standard InChI is InChI=1S/C10H12N4O.C2H6/c1-7-2-8(5-15)4-9(3-7)10-13-11-6-12-14-10;1-2/h2-4,6,15H,5H2,1H3,(H,11,12)(H,13,14);1-2H3. The molecule has 1 aliphatic heterocycles. The fraction of sp³-hybridized carbons (Fsp3) is 0.333. The Morgan fingerprint density at radius 3 is 2.59 bits per heavy atom. The van der Waals surface area contributed by atoms with Crippen LogP contribution in [0, 0.1) is 6.92 Å². The fourth-order valence-corrected chi connectivity index (χ4v) is 1.46. The summed E-state index contributed by atoms with van der Waals surface area (Å²) < 4.78 is 0. The summed E-state index contributed by atoms with van der Waals surface area (Å²) in [6.45, 7) is 6.00. The average Bonchev–Trinajstić information content (AvgIpc) is 2.41. The minimum Gasteiger partial charge on any atom is -0.392 e. The summed E-state index contributed by atoms with van der Waals surface area (Å²) in [6.07, 6.45) is 1.46. The molecule has 1 heterocycles. The Morgan fingerprint density at radius 1 is 1.24 bits per heavy atom. The van der Waals surface area contributed by atoms with E-state index in [4.69, 9.17) is 5.11 Å². The quantitative estimate of drug-likeness (QED) is 0.722. The van der Waals surface area contributed by atoms with Crippen LogP contribution in [0.5, 0.6) is 0 Å². The second kappa shape index (κ2) is 6.65. The minimum absolute atomic E-state index is 0.0264. The number of aliphatic hydroxyl groups excluding tert-OH is 1. The lowest BCUT2D eigenvalue weighted by molar-refractivity contribution is 0.281. The van der Waals surface area contributed by atoms with Gasteiger partial charge in [-0.05, 0) is 24.6 Å². The molecule has 5 heteroatoms. The molecule has 2 rings (SSSR count). The number of rotatable bonds is 2. The molecule has 0 aliphatic carbocycles. The lowest BCUT2D eigenvalue weighted by Crippen LogP contribution is -2.28. The van der Waals surface area contributed by atoms with Crippen LogP contribution in [0.3, 0.4) is 0 Å². The van der Waals surface area contributed by atoms with Gasteiger partial charge in [-0.3, -0.25) is 10.9 Å². The second-order valence-electron chi connectivity index (χ2n) is 3.32. The Hall–Kier alpha value is -1.88. The Labute approximate surface area is 101 Å². The molecule has 1 aromatic rings. The van der Waals surface area contributed by atoms with Crippen molar-refractivity contribution < 1.29 is 5.11 Å². The molecule has 1 aliphatic rings. The van der Waals surface area contributed by atoms with Gasteiger partial charge < -0.3 is 5.11 Å². The number of benzene rings is 1. The molecule has 3 N–H and O–H groups in total. The van der Waals surface area contributed by atoms with Gasteiger partial charge in [0.25, 0.3) is 0 Å². The van der Waals surface area contributed by atoms with Gasteiger partial charge in [0.1, 0.15) is 6.34 Å². The van der Waals surface area contributed by atoms with Gasteiger partial charge in [0.2, 0.25) is 0 Å². The molecular weight excluding hydrogens is 216 g/mol. The van der Waals surface area contributed by atoms with Crippen molar-refractivity contribution >= 4 is 12.2 Å². The number of aliphatic hydroxyl groups is 1. The fourth-order valence-electron chi connectivity index (χ4n) is 1.46. The van der Waals surface area contributed by atoms with Gasteiger partial charge in [-0.25, -0.2) is 0 Å². The molecule has 0 saturated carbocycles. The van der Waals surface area contributed by atoms with E-state index in [0.717, 1.165) is 16.7 Å². The number of hydrogen-bond acceptors (Lipinski definition) is 5. The van der Waals surface area contributed by atoms with Crippen molar-refractivity contribution in [2.45, 2.75) is 27.4 Å². The van der Waals surface area contributed by atoms with Crippen molar-refractivity contribution in [1.82, 2.24) is 10.9 Å². The number of amidine groups is 1. The van der Waals surface area contributed by atoms with Crippen LogP contribution in [0.1, 0.15) is 30.5 Å². The molecule has 17 heavy (non-hydrogen) atoms. The van der Waals surface area contributed by atoms with Gasteiger partial charge in [-0.2, -0.15) is 10.2 Å². The van der Waals surface area contributed by atoms with Crippen LogP contribution in [-0.2, 0) is 6.61 Å². The second-order valence-corrected chi connectivity index (χ2v) is 3.32. The third-order valence-electron chi connectivity index (χ3n) is 2.06. The zero-order chi connectivity index (χ0) is 12.7. The van der Waals surface area contributed by atoms with Crippen molar-refractivity contribution in [3.8, 4) is 0 Å². The Kier molecular flexibility index (Phi) is 5.16. The highest BCUT2D eigenvalue weighted by Crippen LogP contribution is 2.10. The van der Waals surface area contributed by atoms with Crippen molar-refractivity contribution in [3.63, 3.8) is 0 Å². The topological polar surface area (TPSA) is 69.0 Å². The average molecular weight is 234 g/mol. The maximum absolute atomic E-state index is 9.08. The Balaban J connectivity index is 0.000000686. The highest BCUT2D eigenvalue weighted by atomic mass is 16.3. The number of hydrogen-bond donors (Lipinski definition) is 3. The maximum atomic E-state index is 9.08. The van der Waals surface area contributed by atoms with Gasteiger partial charge >= 0.3 is 0 Å². The summed E-state index contributed by atoms with van der Waals surface area (Å²) in [6, 6.07) is 5.79. The first-order valence-electron chi connectivity index (χ1n) is 5.62. The van der Waals surface area contributed by atoms with E-state index in [1.165, 1.54) is 6.34 Å². The summed E-state index contributed by atoms with van der Waals surface area (Å²) in [5.74, 6) is 0.649. The molecule has 0 amide bonds. The maximum Gasteiger partial charge on any atom is 0.173 e. The Bertz CT molecular complexity index is 427. The Morgan fingerprint density at radius 2 is 2.00 bits per heavy atom. The van der Waals surface area contributed by atoms with E-state index in [9.17, 15) is 0 Å². The molecule has 0 bridgehead atoms. The number of aryl methyl sites for hydroxylation is 1. The zero-order valence-corrected chi connectivity index (χ0v) is 10.4. The van der Waals surface area contributed by atoms with E-state index in [-0.39, 0.29) is 6.61 Å².